The summed E-state index contributed by atoms with van der Waals surface area (Å²) < 4.78 is 5.33. The fourth-order valence-corrected chi connectivity index (χ4v) is 1.39. The lowest BCUT2D eigenvalue weighted by atomic mass is 10.2. The minimum atomic E-state index is -1.43. The first kappa shape index (κ1) is 13.8. The average Bonchev–Trinajstić information content (AvgIpc) is 2.29. The number of rotatable bonds is 6. The molecule has 0 aliphatic heterocycles. The molecule has 5 heteroatoms. The molecule has 0 spiro atoms. The summed E-state index contributed by atoms with van der Waals surface area (Å²) in [6.07, 6.45) is 0.755. The minimum Gasteiger partial charge on any atom is -0.478 e. The Balaban J connectivity index is 2.79. The van der Waals surface area contributed by atoms with Gasteiger partial charge in [0.2, 0.25) is 5.72 Å². The van der Waals surface area contributed by atoms with Gasteiger partial charge in [-0.25, -0.2) is 4.79 Å². The van der Waals surface area contributed by atoms with Crippen molar-refractivity contribution in [3.8, 4) is 0 Å². The van der Waals surface area contributed by atoms with Gasteiger partial charge in [0.15, 0.2) is 0 Å². The van der Waals surface area contributed by atoms with E-state index >= 15 is 0 Å². The summed E-state index contributed by atoms with van der Waals surface area (Å²) in [6.45, 7) is 3.79. The number of halogens is 1. The molecular weight excluding hydrogens is 242 g/mol. The van der Waals surface area contributed by atoms with E-state index in [4.69, 9.17) is 21.4 Å². The molecule has 0 heterocycles. The third-order valence-corrected chi connectivity index (χ3v) is 2.48. The van der Waals surface area contributed by atoms with Crippen LogP contribution in [-0.4, -0.2) is 23.4 Å². The molecule has 1 aromatic rings. The Morgan fingerprint density at radius 2 is 2.06 bits per heavy atom. The molecule has 0 saturated carbocycles. The van der Waals surface area contributed by atoms with Gasteiger partial charge < -0.3 is 15.2 Å². The molecule has 0 amide bonds. The summed E-state index contributed by atoms with van der Waals surface area (Å²) in [4.78, 5) is 11.2. The van der Waals surface area contributed by atoms with Crippen LogP contribution >= 0.6 is 11.6 Å². The molecule has 1 aromatic carbocycles. The zero-order chi connectivity index (χ0) is 12.9. The summed E-state index contributed by atoms with van der Waals surface area (Å²) in [6, 6.07) is 6.79. The summed E-state index contributed by atoms with van der Waals surface area (Å²) in [5, 5.41) is 12.6. The smallest absolute Gasteiger partial charge is 0.357 e. The average molecular weight is 258 g/mol. The second-order valence-electron chi connectivity index (χ2n) is 3.82. The van der Waals surface area contributed by atoms with E-state index in [0.717, 1.165) is 6.42 Å². The highest BCUT2D eigenvalue weighted by atomic mass is 35.5. The highest BCUT2D eigenvalue weighted by Crippen LogP contribution is 2.19. The van der Waals surface area contributed by atoms with Crippen LogP contribution in [-0.2, 0) is 9.53 Å². The molecule has 2 N–H and O–H groups in total. The lowest BCUT2D eigenvalue weighted by Crippen LogP contribution is -2.46. The van der Waals surface area contributed by atoms with Gasteiger partial charge in [0.25, 0.3) is 0 Å². The van der Waals surface area contributed by atoms with E-state index in [-0.39, 0.29) is 0 Å². The van der Waals surface area contributed by atoms with Crippen LogP contribution in [0, 0.1) is 0 Å². The lowest BCUT2D eigenvalue weighted by molar-refractivity contribution is -0.159. The fourth-order valence-electron chi connectivity index (χ4n) is 1.27. The largest absolute Gasteiger partial charge is 0.478 e. The SMILES string of the molecule is CCCO[C@@](C)(Nc1ccc(Cl)cc1)C(=O)O. The summed E-state index contributed by atoms with van der Waals surface area (Å²) in [7, 11) is 0. The van der Waals surface area contributed by atoms with Gasteiger partial charge in [-0.3, -0.25) is 0 Å². The molecular formula is C12H16ClNO3. The van der Waals surface area contributed by atoms with Gasteiger partial charge in [-0.05, 0) is 37.6 Å². The van der Waals surface area contributed by atoms with Crippen LogP contribution in [0.4, 0.5) is 5.69 Å². The zero-order valence-corrected chi connectivity index (χ0v) is 10.6. The Labute approximate surface area is 106 Å². The molecule has 0 aliphatic rings. The van der Waals surface area contributed by atoms with E-state index in [1.54, 1.807) is 24.3 Å². The van der Waals surface area contributed by atoms with Crippen molar-refractivity contribution in [2.45, 2.75) is 26.0 Å². The predicted molar refractivity (Wildman–Crippen MR) is 67.4 cm³/mol. The third-order valence-electron chi connectivity index (χ3n) is 2.23. The van der Waals surface area contributed by atoms with Gasteiger partial charge in [0, 0.05) is 17.3 Å². The first-order valence-corrected chi connectivity index (χ1v) is 5.77. The van der Waals surface area contributed by atoms with Crippen molar-refractivity contribution in [3.05, 3.63) is 29.3 Å². The molecule has 4 nitrogen and oxygen atoms in total. The predicted octanol–water partition coefficient (Wildman–Crippen LogP) is 2.98. The second kappa shape index (κ2) is 5.89. The number of aliphatic carboxylic acids is 1. The normalized spacial score (nSPS) is 14.1. The number of carboxylic acids is 1. The molecule has 0 bridgehead atoms. The first-order chi connectivity index (χ1) is 7.98. The molecule has 94 valence electrons. The highest BCUT2D eigenvalue weighted by molar-refractivity contribution is 6.30. The van der Waals surface area contributed by atoms with E-state index in [0.29, 0.717) is 17.3 Å². The van der Waals surface area contributed by atoms with Crippen LogP contribution in [0.2, 0.25) is 5.02 Å². The number of hydrogen-bond donors (Lipinski definition) is 2. The maximum atomic E-state index is 11.2. The highest BCUT2D eigenvalue weighted by Gasteiger charge is 2.33. The van der Waals surface area contributed by atoms with E-state index in [1.807, 2.05) is 6.92 Å². The Morgan fingerprint density at radius 3 is 2.53 bits per heavy atom. The summed E-state index contributed by atoms with van der Waals surface area (Å²) in [5.41, 5.74) is -0.778. The molecule has 0 saturated heterocycles. The molecule has 0 aromatic heterocycles. The van der Waals surface area contributed by atoms with Crippen molar-refractivity contribution in [2.75, 3.05) is 11.9 Å². The van der Waals surface area contributed by atoms with E-state index in [2.05, 4.69) is 5.32 Å². The fraction of sp³-hybridized carbons (Fsp3) is 0.417. The van der Waals surface area contributed by atoms with Crippen LogP contribution in [0.1, 0.15) is 20.3 Å². The Morgan fingerprint density at radius 1 is 1.47 bits per heavy atom. The number of carbonyl (C=O) groups is 1. The Bertz CT molecular complexity index is 380. The molecule has 0 unspecified atom stereocenters. The second-order valence-corrected chi connectivity index (χ2v) is 4.26. The monoisotopic (exact) mass is 257 g/mol. The molecule has 1 atom stereocenters. The van der Waals surface area contributed by atoms with Crippen LogP contribution < -0.4 is 5.32 Å². The maximum absolute atomic E-state index is 11.2. The molecule has 0 aliphatic carbocycles. The van der Waals surface area contributed by atoms with Crippen molar-refractivity contribution >= 4 is 23.3 Å². The Kier molecular flexibility index (Phi) is 4.78. The van der Waals surface area contributed by atoms with Gasteiger partial charge >= 0.3 is 5.97 Å². The van der Waals surface area contributed by atoms with E-state index < -0.39 is 11.7 Å². The number of nitrogens with one attached hydrogen (secondary N) is 1. The standard InChI is InChI=1S/C12H16ClNO3/c1-3-8-17-12(2,11(15)16)14-10-6-4-9(13)5-7-10/h4-7,14H,3,8H2,1-2H3,(H,15,16)/t12-/m1/s1. The third kappa shape index (κ3) is 3.91. The van der Waals surface area contributed by atoms with E-state index in [9.17, 15) is 4.79 Å². The number of ether oxygens (including phenoxy) is 1. The topological polar surface area (TPSA) is 58.6 Å². The number of carboxylic acid groups (broad SMARTS) is 1. The van der Waals surface area contributed by atoms with Gasteiger partial charge in [-0.2, -0.15) is 0 Å². The lowest BCUT2D eigenvalue weighted by Gasteiger charge is -2.27. The van der Waals surface area contributed by atoms with Crippen LogP contribution in [0.5, 0.6) is 0 Å². The number of benzene rings is 1. The van der Waals surface area contributed by atoms with Gasteiger partial charge in [0.1, 0.15) is 0 Å². The molecule has 1 rings (SSSR count). The van der Waals surface area contributed by atoms with Crippen molar-refractivity contribution < 1.29 is 14.6 Å². The van der Waals surface area contributed by atoms with Crippen molar-refractivity contribution in [1.29, 1.82) is 0 Å². The maximum Gasteiger partial charge on any atom is 0.357 e. The summed E-state index contributed by atoms with van der Waals surface area (Å²) >= 11 is 5.75. The van der Waals surface area contributed by atoms with Crippen molar-refractivity contribution in [1.82, 2.24) is 0 Å². The van der Waals surface area contributed by atoms with E-state index in [1.165, 1.54) is 6.92 Å². The van der Waals surface area contributed by atoms with Crippen molar-refractivity contribution in [2.24, 2.45) is 0 Å². The molecule has 17 heavy (non-hydrogen) atoms. The number of anilines is 1. The zero-order valence-electron chi connectivity index (χ0n) is 9.87. The summed E-state index contributed by atoms with van der Waals surface area (Å²) in [5.74, 6) is -1.05. The minimum absolute atomic E-state index is 0.378. The van der Waals surface area contributed by atoms with Crippen LogP contribution in [0.25, 0.3) is 0 Å². The first-order valence-electron chi connectivity index (χ1n) is 5.39. The number of hydrogen-bond acceptors (Lipinski definition) is 3. The van der Waals surface area contributed by atoms with Gasteiger partial charge in [-0.15, -0.1) is 0 Å². The van der Waals surface area contributed by atoms with Crippen LogP contribution in [0.15, 0.2) is 24.3 Å². The van der Waals surface area contributed by atoms with Gasteiger partial charge in [0.05, 0.1) is 0 Å². The quantitative estimate of drug-likeness (QED) is 0.770. The van der Waals surface area contributed by atoms with Crippen LogP contribution in [0.3, 0.4) is 0 Å². The van der Waals surface area contributed by atoms with Crippen molar-refractivity contribution in [3.63, 3.8) is 0 Å². The molecule has 0 radical (unpaired) electrons. The van der Waals surface area contributed by atoms with Gasteiger partial charge in [-0.1, -0.05) is 18.5 Å². The molecule has 0 fully saturated rings. The Hall–Kier alpha value is -1.26.